The summed E-state index contributed by atoms with van der Waals surface area (Å²) in [7, 11) is 0. The van der Waals surface area contributed by atoms with E-state index in [1.165, 1.54) is 37.5 Å². The largest absolute Gasteiger partial charge is 0.0616 e. The van der Waals surface area contributed by atoms with E-state index in [1.807, 2.05) is 0 Å². The van der Waals surface area contributed by atoms with E-state index < -0.39 is 0 Å². The maximum Gasteiger partial charge on any atom is 0.0222 e. The van der Waals surface area contributed by atoms with E-state index in [9.17, 15) is 0 Å². The van der Waals surface area contributed by atoms with Crippen LogP contribution in [0.2, 0.25) is 0 Å². The summed E-state index contributed by atoms with van der Waals surface area (Å²) in [6.45, 7) is 4.63. The molecular weight excluding hydrogens is 308 g/mol. The number of fused-ring (bicyclic) bond motifs is 5. The fraction of sp³-hybridized carbons (Fsp3) is 0.158. The van der Waals surface area contributed by atoms with Gasteiger partial charge in [-0.15, -0.1) is 0 Å². The second-order valence-corrected chi connectivity index (χ2v) is 6.85. The summed E-state index contributed by atoms with van der Waals surface area (Å²) in [4.78, 5) is 0. The van der Waals surface area contributed by atoms with Crippen molar-refractivity contribution in [2.75, 3.05) is 0 Å². The Morgan fingerprint density at radius 3 is 2.50 bits per heavy atom. The molecule has 0 saturated carbocycles. The van der Waals surface area contributed by atoms with E-state index >= 15 is 0 Å². The molecule has 1 aliphatic rings. The van der Waals surface area contributed by atoms with Crippen LogP contribution in [0.1, 0.15) is 25.0 Å². The Morgan fingerprint density at radius 1 is 0.850 bits per heavy atom. The summed E-state index contributed by atoms with van der Waals surface area (Å²) in [6, 6.07) is 19.7. The van der Waals surface area contributed by atoms with Crippen molar-refractivity contribution in [1.82, 2.24) is 0 Å². The second-order valence-electron chi connectivity index (χ2n) is 6.00. The lowest BCUT2D eigenvalue weighted by molar-refractivity contribution is 0.657. The predicted molar refractivity (Wildman–Crippen MR) is 89.2 cm³/mol. The van der Waals surface area contributed by atoms with Crippen molar-refractivity contribution in [1.29, 1.82) is 0 Å². The van der Waals surface area contributed by atoms with Crippen LogP contribution in [-0.2, 0) is 5.41 Å². The van der Waals surface area contributed by atoms with Crippen molar-refractivity contribution in [3.05, 3.63) is 70.2 Å². The number of hydrogen-bond donors (Lipinski definition) is 0. The van der Waals surface area contributed by atoms with E-state index in [1.54, 1.807) is 0 Å². The van der Waals surface area contributed by atoms with Crippen molar-refractivity contribution in [3.8, 4) is 11.1 Å². The lowest BCUT2D eigenvalue weighted by Crippen LogP contribution is -2.15. The van der Waals surface area contributed by atoms with Crippen LogP contribution in [0.3, 0.4) is 0 Å². The van der Waals surface area contributed by atoms with Gasteiger partial charge < -0.3 is 0 Å². The molecule has 20 heavy (non-hydrogen) atoms. The lowest BCUT2D eigenvalue weighted by Gasteiger charge is -2.22. The van der Waals surface area contributed by atoms with Gasteiger partial charge in [0.2, 0.25) is 0 Å². The Kier molecular flexibility index (Phi) is 2.41. The van der Waals surface area contributed by atoms with Crippen molar-refractivity contribution >= 4 is 26.7 Å². The average molecular weight is 323 g/mol. The van der Waals surface area contributed by atoms with Gasteiger partial charge in [0.25, 0.3) is 0 Å². The van der Waals surface area contributed by atoms with Gasteiger partial charge in [0, 0.05) is 9.89 Å². The molecule has 0 saturated heterocycles. The highest BCUT2D eigenvalue weighted by Gasteiger charge is 2.37. The lowest BCUT2D eigenvalue weighted by atomic mass is 9.82. The monoisotopic (exact) mass is 322 g/mol. The Labute approximate surface area is 127 Å². The second kappa shape index (κ2) is 3.95. The zero-order chi connectivity index (χ0) is 13.9. The van der Waals surface area contributed by atoms with Crippen molar-refractivity contribution in [2.24, 2.45) is 0 Å². The number of halogens is 1. The molecule has 0 aromatic heterocycles. The van der Waals surface area contributed by atoms with Crippen LogP contribution in [0.5, 0.6) is 0 Å². The minimum atomic E-state index is 0.0504. The molecule has 0 bridgehead atoms. The van der Waals surface area contributed by atoms with Crippen LogP contribution in [0.4, 0.5) is 0 Å². The number of benzene rings is 3. The highest BCUT2D eigenvalue weighted by Crippen LogP contribution is 2.53. The molecule has 0 radical (unpaired) electrons. The predicted octanol–water partition coefficient (Wildman–Crippen LogP) is 5.91. The third kappa shape index (κ3) is 1.42. The molecule has 4 rings (SSSR count). The normalized spacial score (nSPS) is 15.2. The molecule has 0 nitrogen and oxygen atoms in total. The first kappa shape index (κ1) is 12.2. The van der Waals surface area contributed by atoms with E-state index in [0.717, 1.165) is 0 Å². The molecule has 0 aliphatic heterocycles. The quantitative estimate of drug-likeness (QED) is 0.482. The number of rotatable bonds is 0. The summed E-state index contributed by atoms with van der Waals surface area (Å²) < 4.78 is 1.21. The Balaban J connectivity index is 2.23. The van der Waals surface area contributed by atoms with Gasteiger partial charge in [0.15, 0.2) is 0 Å². The van der Waals surface area contributed by atoms with E-state index in [4.69, 9.17) is 0 Å². The zero-order valence-corrected chi connectivity index (χ0v) is 13.2. The smallest absolute Gasteiger partial charge is 0.0222 e. The molecule has 0 heterocycles. The van der Waals surface area contributed by atoms with Gasteiger partial charge in [0.05, 0.1) is 0 Å². The molecule has 3 aromatic rings. The molecule has 0 fully saturated rings. The fourth-order valence-electron chi connectivity index (χ4n) is 3.58. The van der Waals surface area contributed by atoms with Crippen LogP contribution in [-0.4, -0.2) is 0 Å². The molecule has 1 heteroatoms. The zero-order valence-electron chi connectivity index (χ0n) is 11.6. The fourth-order valence-corrected chi connectivity index (χ4v) is 4.45. The highest BCUT2D eigenvalue weighted by atomic mass is 79.9. The third-order valence-corrected chi connectivity index (χ3v) is 5.17. The first-order valence-electron chi connectivity index (χ1n) is 6.92. The third-order valence-electron chi connectivity index (χ3n) is 4.51. The van der Waals surface area contributed by atoms with E-state index in [2.05, 4.69) is 84.4 Å². The molecule has 0 amide bonds. The summed E-state index contributed by atoms with van der Waals surface area (Å²) >= 11 is 3.75. The van der Waals surface area contributed by atoms with Gasteiger partial charge >= 0.3 is 0 Å². The Morgan fingerprint density at radius 2 is 1.65 bits per heavy atom. The summed E-state index contributed by atoms with van der Waals surface area (Å²) in [5.74, 6) is 0. The average Bonchev–Trinajstić information content (AvgIpc) is 2.69. The minimum Gasteiger partial charge on any atom is -0.0616 e. The minimum absolute atomic E-state index is 0.0504. The molecule has 3 aromatic carbocycles. The molecular formula is C19H15Br. The first-order valence-corrected chi connectivity index (χ1v) is 7.71. The van der Waals surface area contributed by atoms with Crippen molar-refractivity contribution in [2.45, 2.75) is 19.3 Å². The topological polar surface area (TPSA) is 0 Å². The molecule has 0 N–H and O–H groups in total. The van der Waals surface area contributed by atoms with Gasteiger partial charge in [-0.1, -0.05) is 78.3 Å². The molecule has 0 unspecified atom stereocenters. The van der Waals surface area contributed by atoms with Crippen molar-refractivity contribution in [3.63, 3.8) is 0 Å². The van der Waals surface area contributed by atoms with Crippen molar-refractivity contribution < 1.29 is 0 Å². The van der Waals surface area contributed by atoms with Gasteiger partial charge in [-0.2, -0.15) is 0 Å². The standard InChI is InChI=1S/C19H15Br/c1-19(2)15-11-10-12-6-3-4-7-13(12)17(15)14-8-5-9-16(20)18(14)19/h3-11H,1-2H3. The van der Waals surface area contributed by atoms with Gasteiger partial charge in [-0.05, 0) is 39.1 Å². The van der Waals surface area contributed by atoms with E-state index in [-0.39, 0.29) is 5.41 Å². The molecule has 0 spiro atoms. The maximum absolute atomic E-state index is 3.75. The maximum atomic E-state index is 3.75. The molecule has 98 valence electrons. The molecule has 0 atom stereocenters. The van der Waals surface area contributed by atoms with Gasteiger partial charge in [-0.3, -0.25) is 0 Å². The van der Waals surface area contributed by atoms with Crippen LogP contribution in [0.25, 0.3) is 21.9 Å². The van der Waals surface area contributed by atoms with Crippen LogP contribution in [0, 0.1) is 0 Å². The van der Waals surface area contributed by atoms with Crippen LogP contribution in [0.15, 0.2) is 59.1 Å². The summed E-state index contributed by atoms with van der Waals surface area (Å²) in [5.41, 5.74) is 5.67. The van der Waals surface area contributed by atoms with Crippen LogP contribution >= 0.6 is 15.9 Å². The summed E-state index contributed by atoms with van der Waals surface area (Å²) in [5, 5.41) is 2.67. The number of hydrogen-bond acceptors (Lipinski definition) is 0. The van der Waals surface area contributed by atoms with Crippen LogP contribution < -0.4 is 0 Å². The highest BCUT2D eigenvalue weighted by molar-refractivity contribution is 9.10. The van der Waals surface area contributed by atoms with E-state index in [0.29, 0.717) is 0 Å². The summed E-state index contributed by atoms with van der Waals surface area (Å²) in [6.07, 6.45) is 0. The van der Waals surface area contributed by atoms with Gasteiger partial charge in [0.1, 0.15) is 0 Å². The Bertz CT molecular complexity index is 844. The molecule has 1 aliphatic carbocycles. The Hall–Kier alpha value is -1.60. The van der Waals surface area contributed by atoms with Gasteiger partial charge in [-0.25, -0.2) is 0 Å². The SMILES string of the molecule is CC1(C)c2ccc3ccccc3c2-c2cccc(Br)c21. The first-order chi connectivity index (χ1) is 9.60.